The molecule has 0 fully saturated rings. The first kappa shape index (κ1) is 13.0. The van der Waals surface area contributed by atoms with Gasteiger partial charge in [-0.1, -0.05) is 12.1 Å². The molecule has 1 aromatic rings. The van der Waals surface area contributed by atoms with Gasteiger partial charge in [-0.2, -0.15) is 5.26 Å². The van der Waals surface area contributed by atoms with E-state index >= 15 is 0 Å². The van der Waals surface area contributed by atoms with Crippen LogP contribution in [0.1, 0.15) is 17.9 Å². The van der Waals surface area contributed by atoms with Gasteiger partial charge in [0.05, 0.1) is 19.1 Å². The van der Waals surface area contributed by atoms with Crippen LogP contribution in [0.5, 0.6) is 5.75 Å². The van der Waals surface area contributed by atoms with E-state index in [0.717, 1.165) is 5.56 Å². The van der Waals surface area contributed by atoms with E-state index < -0.39 is 5.92 Å². The molecule has 17 heavy (non-hydrogen) atoms. The van der Waals surface area contributed by atoms with Crippen LogP contribution in [0.2, 0.25) is 0 Å². The molecule has 0 radical (unpaired) electrons. The van der Waals surface area contributed by atoms with Crippen LogP contribution < -0.4 is 4.74 Å². The number of hydrogen-bond donors (Lipinski definition) is 0. The van der Waals surface area contributed by atoms with Gasteiger partial charge in [-0.25, -0.2) is 0 Å². The number of ether oxygens (including phenoxy) is 1. The van der Waals surface area contributed by atoms with Crippen molar-refractivity contribution in [3.8, 4) is 11.8 Å². The Morgan fingerprint density at radius 1 is 1.53 bits per heavy atom. The summed E-state index contributed by atoms with van der Waals surface area (Å²) in [5, 5.41) is 9.11. The average Bonchev–Trinajstić information content (AvgIpc) is 2.35. The van der Waals surface area contributed by atoms with Crippen LogP contribution in [0.15, 0.2) is 24.3 Å². The SMILES string of the molecule is COc1cccc(C(C#N)CC(=O)N(C)C)c1. The van der Waals surface area contributed by atoms with E-state index in [9.17, 15) is 4.79 Å². The highest BCUT2D eigenvalue weighted by atomic mass is 16.5. The highest BCUT2D eigenvalue weighted by Gasteiger charge is 2.17. The molecule has 0 N–H and O–H groups in total. The van der Waals surface area contributed by atoms with Gasteiger partial charge in [0.25, 0.3) is 0 Å². The van der Waals surface area contributed by atoms with Crippen molar-refractivity contribution < 1.29 is 9.53 Å². The van der Waals surface area contributed by atoms with Gasteiger partial charge in [-0.05, 0) is 17.7 Å². The average molecular weight is 232 g/mol. The van der Waals surface area contributed by atoms with Crippen molar-refractivity contribution in [2.45, 2.75) is 12.3 Å². The lowest BCUT2D eigenvalue weighted by Gasteiger charge is -2.14. The molecule has 0 heterocycles. The van der Waals surface area contributed by atoms with E-state index in [1.54, 1.807) is 27.3 Å². The zero-order valence-electron chi connectivity index (χ0n) is 10.3. The Morgan fingerprint density at radius 2 is 2.24 bits per heavy atom. The number of carbonyl (C=O) groups excluding carboxylic acids is 1. The Morgan fingerprint density at radius 3 is 2.76 bits per heavy atom. The zero-order valence-corrected chi connectivity index (χ0v) is 10.3. The number of nitrogens with zero attached hydrogens (tertiary/aromatic N) is 2. The quantitative estimate of drug-likeness (QED) is 0.795. The summed E-state index contributed by atoms with van der Waals surface area (Å²) in [6.07, 6.45) is 0.191. The molecule has 0 saturated heterocycles. The number of nitriles is 1. The molecule has 1 atom stereocenters. The van der Waals surface area contributed by atoms with Crippen molar-refractivity contribution in [2.24, 2.45) is 0 Å². The Labute approximate surface area is 101 Å². The highest BCUT2D eigenvalue weighted by Crippen LogP contribution is 2.23. The van der Waals surface area contributed by atoms with E-state index in [2.05, 4.69) is 6.07 Å². The zero-order chi connectivity index (χ0) is 12.8. The van der Waals surface area contributed by atoms with Gasteiger partial charge in [-0.3, -0.25) is 4.79 Å². The summed E-state index contributed by atoms with van der Waals surface area (Å²) in [6, 6.07) is 9.40. The summed E-state index contributed by atoms with van der Waals surface area (Å²) in [6.45, 7) is 0. The van der Waals surface area contributed by atoms with Gasteiger partial charge in [0, 0.05) is 20.5 Å². The van der Waals surface area contributed by atoms with Crippen LogP contribution in [-0.4, -0.2) is 32.0 Å². The first-order chi connectivity index (χ1) is 8.08. The maximum absolute atomic E-state index is 11.6. The normalized spacial score (nSPS) is 11.4. The van der Waals surface area contributed by atoms with Gasteiger partial charge < -0.3 is 9.64 Å². The Kier molecular flexibility index (Phi) is 4.53. The van der Waals surface area contributed by atoms with Crippen molar-refractivity contribution in [2.75, 3.05) is 21.2 Å². The second-order valence-electron chi connectivity index (χ2n) is 3.95. The summed E-state index contributed by atoms with van der Waals surface area (Å²) >= 11 is 0. The van der Waals surface area contributed by atoms with Crippen molar-refractivity contribution in [3.05, 3.63) is 29.8 Å². The molecule has 0 bridgehead atoms. The molecule has 90 valence electrons. The molecule has 1 aromatic carbocycles. The molecular weight excluding hydrogens is 216 g/mol. The van der Waals surface area contributed by atoms with Crippen LogP contribution in [0, 0.1) is 11.3 Å². The number of carbonyl (C=O) groups is 1. The molecule has 0 aliphatic rings. The van der Waals surface area contributed by atoms with Gasteiger partial charge >= 0.3 is 0 Å². The highest BCUT2D eigenvalue weighted by molar-refractivity contribution is 5.77. The predicted molar refractivity (Wildman–Crippen MR) is 64.7 cm³/mol. The molecule has 1 unspecified atom stereocenters. The second kappa shape index (κ2) is 5.90. The molecular formula is C13H16N2O2. The summed E-state index contributed by atoms with van der Waals surface area (Å²) in [4.78, 5) is 13.1. The number of methoxy groups -OCH3 is 1. The van der Waals surface area contributed by atoms with E-state index in [0.29, 0.717) is 5.75 Å². The Bertz CT molecular complexity index is 435. The lowest BCUT2D eigenvalue weighted by molar-refractivity contribution is -0.128. The third kappa shape index (κ3) is 3.49. The summed E-state index contributed by atoms with van der Waals surface area (Å²) in [5.74, 6) is 0.208. The van der Waals surface area contributed by atoms with Crippen LogP contribution in [0.25, 0.3) is 0 Å². The standard InChI is InChI=1S/C13H16N2O2/c1-15(2)13(16)8-11(9-14)10-5-4-6-12(7-10)17-3/h4-7,11H,8H2,1-3H3. The minimum atomic E-state index is -0.431. The topological polar surface area (TPSA) is 53.3 Å². The van der Waals surface area contributed by atoms with E-state index in [1.165, 1.54) is 4.90 Å². The van der Waals surface area contributed by atoms with E-state index in [4.69, 9.17) is 10.00 Å². The largest absolute Gasteiger partial charge is 0.497 e. The molecule has 0 spiro atoms. The van der Waals surface area contributed by atoms with Gasteiger partial charge in [0.1, 0.15) is 5.75 Å². The number of hydrogen-bond acceptors (Lipinski definition) is 3. The van der Waals surface area contributed by atoms with Gasteiger partial charge in [0.2, 0.25) is 5.91 Å². The van der Waals surface area contributed by atoms with Crippen LogP contribution in [0.3, 0.4) is 0 Å². The van der Waals surface area contributed by atoms with E-state index in [1.807, 2.05) is 18.2 Å². The lowest BCUT2D eigenvalue weighted by atomic mass is 9.96. The molecule has 4 heteroatoms. The first-order valence-corrected chi connectivity index (χ1v) is 5.32. The fraction of sp³-hybridized carbons (Fsp3) is 0.385. The molecule has 0 aliphatic carbocycles. The molecule has 0 aliphatic heterocycles. The van der Waals surface area contributed by atoms with Gasteiger partial charge in [-0.15, -0.1) is 0 Å². The Hall–Kier alpha value is -2.02. The number of amides is 1. The Balaban J connectivity index is 2.87. The molecule has 4 nitrogen and oxygen atoms in total. The summed E-state index contributed by atoms with van der Waals surface area (Å²) in [7, 11) is 4.94. The van der Waals surface area contributed by atoms with Crippen LogP contribution in [-0.2, 0) is 4.79 Å². The number of rotatable bonds is 4. The summed E-state index contributed by atoms with van der Waals surface area (Å²) < 4.78 is 5.10. The fourth-order valence-electron chi connectivity index (χ4n) is 1.45. The predicted octanol–water partition coefficient (Wildman–Crippen LogP) is 1.78. The third-order valence-corrected chi connectivity index (χ3v) is 2.53. The van der Waals surface area contributed by atoms with Crippen molar-refractivity contribution in [1.82, 2.24) is 4.90 Å². The molecule has 1 rings (SSSR count). The second-order valence-corrected chi connectivity index (χ2v) is 3.95. The lowest BCUT2D eigenvalue weighted by Crippen LogP contribution is -2.23. The fourth-order valence-corrected chi connectivity index (χ4v) is 1.45. The first-order valence-electron chi connectivity index (χ1n) is 5.32. The van der Waals surface area contributed by atoms with Crippen molar-refractivity contribution in [1.29, 1.82) is 5.26 Å². The van der Waals surface area contributed by atoms with Crippen LogP contribution >= 0.6 is 0 Å². The van der Waals surface area contributed by atoms with Crippen molar-refractivity contribution >= 4 is 5.91 Å². The minimum absolute atomic E-state index is 0.0561. The molecule has 1 amide bonds. The maximum Gasteiger partial charge on any atom is 0.223 e. The molecule has 0 saturated carbocycles. The van der Waals surface area contributed by atoms with Crippen LogP contribution in [0.4, 0.5) is 0 Å². The number of benzene rings is 1. The van der Waals surface area contributed by atoms with Crippen molar-refractivity contribution in [3.63, 3.8) is 0 Å². The summed E-state index contributed by atoms with van der Waals surface area (Å²) in [5.41, 5.74) is 0.807. The monoisotopic (exact) mass is 232 g/mol. The minimum Gasteiger partial charge on any atom is -0.497 e. The smallest absolute Gasteiger partial charge is 0.223 e. The van der Waals surface area contributed by atoms with E-state index in [-0.39, 0.29) is 12.3 Å². The van der Waals surface area contributed by atoms with Gasteiger partial charge in [0.15, 0.2) is 0 Å². The third-order valence-electron chi connectivity index (χ3n) is 2.53. The maximum atomic E-state index is 11.6. The molecule has 0 aromatic heterocycles.